The summed E-state index contributed by atoms with van der Waals surface area (Å²) in [7, 11) is 0. The van der Waals surface area contributed by atoms with E-state index in [2.05, 4.69) is 0 Å². The van der Waals surface area contributed by atoms with Gasteiger partial charge < -0.3 is 19.6 Å². The first-order chi connectivity index (χ1) is 17.1. The van der Waals surface area contributed by atoms with Gasteiger partial charge in [-0.05, 0) is 56.9 Å². The summed E-state index contributed by atoms with van der Waals surface area (Å²) >= 11 is 0. The van der Waals surface area contributed by atoms with Crippen molar-refractivity contribution < 1.29 is 24.2 Å². The number of amides is 2. The van der Waals surface area contributed by atoms with Gasteiger partial charge >= 0.3 is 5.97 Å². The summed E-state index contributed by atoms with van der Waals surface area (Å²) in [5.41, 5.74) is 1.11. The number of nitrogens with zero attached hydrogens (tertiary/aromatic N) is 2. The monoisotopic (exact) mass is 482 g/mol. The van der Waals surface area contributed by atoms with E-state index < -0.39 is 5.92 Å². The smallest absolute Gasteiger partial charge is 0.309 e. The Labute approximate surface area is 208 Å². The van der Waals surface area contributed by atoms with Crippen LogP contribution in [0, 0.1) is 11.8 Å². The van der Waals surface area contributed by atoms with Crippen molar-refractivity contribution in [2.75, 3.05) is 26.3 Å². The van der Waals surface area contributed by atoms with Crippen LogP contribution in [-0.2, 0) is 25.5 Å². The van der Waals surface area contributed by atoms with Gasteiger partial charge in [-0.2, -0.15) is 0 Å². The Bertz CT molecular complexity index is 902. The summed E-state index contributed by atoms with van der Waals surface area (Å²) < 4.78 is 5.77. The van der Waals surface area contributed by atoms with Gasteiger partial charge in [-0.1, -0.05) is 42.5 Å². The van der Waals surface area contributed by atoms with Crippen LogP contribution >= 0.6 is 0 Å². The lowest BCUT2D eigenvalue weighted by Gasteiger charge is -2.30. The number of carbonyl (C=O) groups is 3. The molecule has 2 saturated heterocycles. The topological polar surface area (TPSA) is 87.2 Å². The molecular formula is C28H38N2O5. The lowest BCUT2D eigenvalue weighted by molar-refractivity contribution is -0.152. The highest BCUT2D eigenvalue weighted by molar-refractivity contribution is 5.86. The van der Waals surface area contributed by atoms with Crippen LogP contribution in [0.25, 0.3) is 0 Å². The number of aliphatic hydroxyl groups excluding tert-OH is 1. The maximum Gasteiger partial charge on any atom is 0.309 e. The van der Waals surface area contributed by atoms with Gasteiger partial charge in [0.25, 0.3) is 0 Å². The second kappa shape index (κ2) is 12.3. The molecule has 0 aromatic heterocycles. The van der Waals surface area contributed by atoms with E-state index in [4.69, 9.17) is 4.74 Å². The lowest BCUT2D eigenvalue weighted by Crippen LogP contribution is -2.44. The first-order valence-electron chi connectivity index (χ1n) is 13.1. The van der Waals surface area contributed by atoms with Gasteiger partial charge in [0, 0.05) is 19.5 Å². The number of carbonyl (C=O) groups excluding carboxylic acids is 3. The summed E-state index contributed by atoms with van der Waals surface area (Å²) in [4.78, 5) is 43.2. The van der Waals surface area contributed by atoms with Crippen molar-refractivity contribution in [3.63, 3.8) is 0 Å². The van der Waals surface area contributed by atoms with E-state index in [1.165, 1.54) is 0 Å². The van der Waals surface area contributed by atoms with Crippen LogP contribution in [0.5, 0.6) is 0 Å². The van der Waals surface area contributed by atoms with E-state index in [0.29, 0.717) is 38.8 Å². The van der Waals surface area contributed by atoms with Crippen molar-refractivity contribution in [3.05, 3.63) is 48.0 Å². The maximum absolute atomic E-state index is 13.5. The Morgan fingerprint density at radius 2 is 1.80 bits per heavy atom. The van der Waals surface area contributed by atoms with Gasteiger partial charge in [-0.3, -0.25) is 14.4 Å². The Hall–Kier alpha value is -2.67. The van der Waals surface area contributed by atoms with Crippen molar-refractivity contribution in [3.8, 4) is 0 Å². The minimum Gasteiger partial charge on any atom is -0.463 e. The predicted octanol–water partition coefficient (Wildman–Crippen LogP) is 3.11. The summed E-state index contributed by atoms with van der Waals surface area (Å²) in [6.07, 6.45) is 10.1. The number of ether oxygens (including phenoxy) is 1. The zero-order valence-electron chi connectivity index (χ0n) is 20.5. The molecule has 0 spiro atoms. The minimum atomic E-state index is -0.434. The van der Waals surface area contributed by atoms with E-state index >= 15 is 0 Å². The second-order valence-corrected chi connectivity index (χ2v) is 10.1. The molecule has 190 valence electrons. The summed E-state index contributed by atoms with van der Waals surface area (Å²) in [5.74, 6) is -0.937. The number of esters is 1. The Kier molecular flexibility index (Phi) is 8.96. The molecule has 0 bridgehead atoms. The van der Waals surface area contributed by atoms with Gasteiger partial charge in [0.15, 0.2) is 0 Å². The van der Waals surface area contributed by atoms with E-state index in [-0.39, 0.29) is 55.4 Å². The fourth-order valence-corrected chi connectivity index (χ4v) is 5.66. The quantitative estimate of drug-likeness (QED) is 0.515. The van der Waals surface area contributed by atoms with Crippen molar-refractivity contribution >= 4 is 17.8 Å². The number of hydrogen-bond acceptors (Lipinski definition) is 5. The van der Waals surface area contributed by atoms with Crippen LogP contribution in [0.1, 0.15) is 56.9 Å². The van der Waals surface area contributed by atoms with Crippen LogP contribution in [0.3, 0.4) is 0 Å². The van der Waals surface area contributed by atoms with Gasteiger partial charge in [0.2, 0.25) is 11.8 Å². The highest BCUT2D eigenvalue weighted by atomic mass is 16.5. The van der Waals surface area contributed by atoms with Crippen LogP contribution in [0.4, 0.5) is 0 Å². The molecule has 2 fully saturated rings. The zero-order valence-corrected chi connectivity index (χ0v) is 20.5. The largest absolute Gasteiger partial charge is 0.463 e. The van der Waals surface area contributed by atoms with Gasteiger partial charge in [-0.25, -0.2) is 0 Å². The molecule has 4 rings (SSSR count). The molecule has 1 aromatic carbocycles. The third-order valence-electron chi connectivity index (χ3n) is 7.68. The first kappa shape index (κ1) is 25.4. The molecular weight excluding hydrogens is 444 g/mol. The number of benzene rings is 1. The molecule has 3 aliphatic heterocycles. The molecule has 0 aliphatic carbocycles. The standard InChI is InChI=1S/C28H38N2O5/c31-19-24-13-7-15-29(24)26(32)18-22-11-5-2-6-12-23(17-21-9-3-1-4-10-21)28(34)35-20-25-14-8-16-30(25)27(22)33/h1-5,9-10,22-25,31H,6-8,11-20H2. The highest BCUT2D eigenvalue weighted by Gasteiger charge is 2.37. The van der Waals surface area contributed by atoms with E-state index in [0.717, 1.165) is 31.2 Å². The Balaban J connectivity index is 1.47. The molecule has 0 radical (unpaired) electrons. The maximum atomic E-state index is 13.5. The molecule has 4 atom stereocenters. The van der Waals surface area contributed by atoms with Crippen LogP contribution in [0.2, 0.25) is 0 Å². The molecule has 35 heavy (non-hydrogen) atoms. The van der Waals surface area contributed by atoms with E-state index in [1.54, 1.807) is 4.90 Å². The number of cyclic esters (lactones) is 1. The molecule has 1 aromatic rings. The normalized spacial score (nSPS) is 28.1. The number of rotatable bonds is 5. The summed E-state index contributed by atoms with van der Waals surface area (Å²) in [5, 5.41) is 9.62. The number of allylic oxidation sites excluding steroid dienone is 2. The molecule has 0 saturated carbocycles. The van der Waals surface area contributed by atoms with Crippen molar-refractivity contribution in [1.82, 2.24) is 9.80 Å². The van der Waals surface area contributed by atoms with Gasteiger partial charge in [0.1, 0.15) is 6.61 Å². The summed E-state index contributed by atoms with van der Waals surface area (Å²) in [6.45, 7) is 1.45. The fraction of sp³-hybridized carbons (Fsp3) is 0.607. The van der Waals surface area contributed by atoms with Crippen LogP contribution in [-0.4, -0.2) is 71.1 Å². The average molecular weight is 483 g/mol. The average Bonchev–Trinajstić information content (AvgIpc) is 3.55. The van der Waals surface area contributed by atoms with Gasteiger partial charge in [-0.15, -0.1) is 0 Å². The van der Waals surface area contributed by atoms with Crippen molar-refractivity contribution in [1.29, 1.82) is 0 Å². The third kappa shape index (κ3) is 6.51. The fourth-order valence-electron chi connectivity index (χ4n) is 5.66. The molecule has 3 aliphatic rings. The SMILES string of the molecule is O=C1OCC2CCCN2C(=O)C(CC(=O)N2CCCC2CO)CC=CCCC1Cc1ccccc1. The number of aliphatic hydroxyl groups is 1. The molecule has 1 N–H and O–H groups in total. The second-order valence-electron chi connectivity index (χ2n) is 10.1. The minimum absolute atomic E-state index is 0.0265. The number of hydrogen-bond donors (Lipinski definition) is 1. The zero-order chi connectivity index (χ0) is 24.6. The molecule has 3 heterocycles. The van der Waals surface area contributed by atoms with Gasteiger partial charge in [0.05, 0.1) is 30.5 Å². The third-order valence-corrected chi connectivity index (χ3v) is 7.68. The molecule has 7 heteroatoms. The van der Waals surface area contributed by atoms with E-state index in [1.807, 2.05) is 47.4 Å². The summed E-state index contributed by atoms with van der Waals surface area (Å²) in [6, 6.07) is 9.72. The number of likely N-dealkylation sites (tertiary alicyclic amines) is 1. The van der Waals surface area contributed by atoms with Crippen LogP contribution in [0.15, 0.2) is 42.5 Å². The predicted molar refractivity (Wildman–Crippen MR) is 132 cm³/mol. The molecule has 2 amide bonds. The highest BCUT2D eigenvalue weighted by Crippen LogP contribution is 2.27. The Morgan fingerprint density at radius 3 is 2.60 bits per heavy atom. The van der Waals surface area contributed by atoms with E-state index in [9.17, 15) is 19.5 Å². The van der Waals surface area contributed by atoms with Crippen molar-refractivity contribution in [2.24, 2.45) is 11.8 Å². The molecule has 7 nitrogen and oxygen atoms in total. The van der Waals surface area contributed by atoms with Crippen molar-refractivity contribution in [2.45, 2.75) is 69.9 Å². The lowest BCUT2D eigenvalue weighted by atomic mass is 9.94. The first-order valence-corrected chi connectivity index (χ1v) is 13.1. The molecule has 4 unspecified atom stereocenters. The Morgan fingerprint density at radius 1 is 1.00 bits per heavy atom. The number of fused-ring (bicyclic) bond motifs is 1. The van der Waals surface area contributed by atoms with Crippen LogP contribution < -0.4 is 0 Å².